The van der Waals surface area contributed by atoms with Crippen LogP contribution in [0.3, 0.4) is 0 Å². The second-order valence-corrected chi connectivity index (χ2v) is 2.84. The first-order chi connectivity index (χ1) is 4.22. The summed E-state index contributed by atoms with van der Waals surface area (Å²) in [5.74, 6) is -0.213. The van der Waals surface area contributed by atoms with E-state index in [9.17, 15) is 4.79 Å². The summed E-state index contributed by atoms with van der Waals surface area (Å²) in [5.41, 5.74) is 0. The minimum Gasteiger partial charge on any atom is -0.293 e. The summed E-state index contributed by atoms with van der Waals surface area (Å²) in [4.78, 5) is 11.1. The minimum absolute atomic E-state index is 0.213. The van der Waals surface area contributed by atoms with E-state index in [1.165, 1.54) is 11.3 Å². The number of ketones is 1. The fraction of sp³-hybridized carbons (Fsp3) is 0. The molecule has 0 aliphatic carbocycles. The minimum atomic E-state index is -0.213. The Morgan fingerprint density at radius 1 is 1.78 bits per heavy atom. The highest BCUT2D eigenvalue weighted by atomic mass is 35.5. The zero-order chi connectivity index (χ0) is 6.85. The van der Waals surface area contributed by atoms with Gasteiger partial charge in [0.25, 0.3) is 0 Å². The van der Waals surface area contributed by atoms with Gasteiger partial charge in [0.1, 0.15) is 0 Å². The molecule has 1 rings (SSSR count). The number of halogens is 1. The number of hydrogen-bond acceptors (Lipinski definition) is 2. The number of rotatable bonds is 1. The van der Waals surface area contributed by atoms with E-state index in [-0.39, 0.29) is 5.78 Å². The van der Waals surface area contributed by atoms with E-state index < -0.39 is 0 Å². The molecule has 0 atom stereocenters. The molecule has 9 heavy (non-hydrogen) atoms. The molecule has 3 heteroatoms. The fourth-order valence-corrected chi connectivity index (χ4v) is 1.52. The third-order valence-corrected chi connectivity index (χ3v) is 2.25. The van der Waals surface area contributed by atoms with Crippen molar-refractivity contribution < 1.29 is 4.79 Å². The van der Waals surface area contributed by atoms with Crippen LogP contribution in [0.4, 0.5) is 0 Å². The van der Waals surface area contributed by atoms with E-state index in [1.807, 2.05) is 0 Å². The largest absolute Gasteiger partial charge is 0.293 e. The Bertz CT molecular complexity index is 229. The van der Waals surface area contributed by atoms with Crippen molar-refractivity contribution in [2.75, 3.05) is 0 Å². The molecule has 0 aliphatic rings. The molecular formula is C6H4ClOS. The number of carbonyl (C=O) groups is 1. The third kappa shape index (κ3) is 1.32. The molecule has 1 aromatic rings. The lowest BCUT2D eigenvalue weighted by atomic mass is 10.4. The van der Waals surface area contributed by atoms with Crippen molar-refractivity contribution >= 4 is 28.7 Å². The second-order valence-electron chi connectivity index (χ2n) is 1.52. The first-order valence-corrected chi connectivity index (χ1v) is 3.57. The molecule has 0 N–H and O–H groups in total. The predicted molar refractivity (Wildman–Crippen MR) is 39.0 cm³/mol. The molecule has 0 spiro atoms. The molecule has 0 fully saturated rings. The van der Waals surface area contributed by atoms with Gasteiger partial charge < -0.3 is 0 Å². The van der Waals surface area contributed by atoms with Gasteiger partial charge in [-0.15, -0.1) is 11.3 Å². The number of carbonyl (C=O) groups excluding carboxylic acids is 1. The zero-order valence-corrected chi connectivity index (χ0v) is 6.13. The van der Waals surface area contributed by atoms with Crippen LogP contribution in [-0.2, 0) is 0 Å². The van der Waals surface area contributed by atoms with Crippen LogP contribution in [0.1, 0.15) is 9.67 Å². The van der Waals surface area contributed by atoms with Crippen LogP contribution in [0.2, 0.25) is 5.02 Å². The summed E-state index contributed by atoms with van der Waals surface area (Å²) in [6, 6.07) is 1.69. The normalized spacial score (nSPS) is 9.56. The first kappa shape index (κ1) is 6.78. The van der Waals surface area contributed by atoms with Gasteiger partial charge in [-0.25, -0.2) is 0 Å². The van der Waals surface area contributed by atoms with E-state index in [1.54, 1.807) is 11.4 Å². The summed E-state index contributed by atoms with van der Waals surface area (Å²) in [7, 11) is 0. The highest BCUT2D eigenvalue weighted by Crippen LogP contribution is 2.21. The van der Waals surface area contributed by atoms with Crippen molar-refractivity contribution in [3.8, 4) is 0 Å². The molecule has 1 heterocycles. The molecule has 0 saturated heterocycles. The lowest BCUT2D eigenvalue weighted by molar-refractivity contribution is 0.104. The standard InChI is InChI=1S/C6H4ClOS/c1-4(8)6-5(7)2-3-9-6/h2-3H,1H2. The van der Waals surface area contributed by atoms with Crippen molar-refractivity contribution in [1.82, 2.24) is 0 Å². The van der Waals surface area contributed by atoms with Crippen molar-refractivity contribution in [2.24, 2.45) is 0 Å². The fourth-order valence-electron chi connectivity index (χ4n) is 0.493. The predicted octanol–water partition coefficient (Wildman–Crippen LogP) is 2.42. The lowest BCUT2D eigenvalue weighted by Gasteiger charge is -1.85. The van der Waals surface area contributed by atoms with Crippen LogP contribution < -0.4 is 0 Å². The van der Waals surface area contributed by atoms with Crippen LogP contribution in [-0.4, -0.2) is 5.78 Å². The van der Waals surface area contributed by atoms with Gasteiger partial charge in [0, 0.05) is 6.92 Å². The van der Waals surface area contributed by atoms with Gasteiger partial charge in [0.2, 0.25) is 0 Å². The van der Waals surface area contributed by atoms with Crippen molar-refractivity contribution in [1.29, 1.82) is 0 Å². The highest BCUT2D eigenvalue weighted by Gasteiger charge is 2.04. The van der Waals surface area contributed by atoms with Crippen molar-refractivity contribution in [3.63, 3.8) is 0 Å². The van der Waals surface area contributed by atoms with E-state index >= 15 is 0 Å². The smallest absolute Gasteiger partial charge is 0.174 e. The molecule has 0 aromatic carbocycles. The third-order valence-electron chi connectivity index (χ3n) is 0.870. The van der Waals surface area contributed by atoms with Crippen LogP contribution in [0, 0.1) is 6.92 Å². The Hall–Kier alpha value is -0.340. The van der Waals surface area contributed by atoms with Gasteiger partial charge in [-0.05, 0) is 11.4 Å². The maximum Gasteiger partial charge on any atom is 0.174 e. The molecule has 0 amide bonds. The molecule has 1 radical (unpaired) electrons. The van der Waals surface area contributed by atoms with Gasteiger partial charge in [-0.2, -0.15) is 0 Å². The van der Waals surface area contributed by atoms with Gasteiger partial charge in [0.05, 0.1) is 9.90 Å². The van der Waals surface area contributed by atoms with Gasteiger partial charge in [-0.3, -0.25) is 4.79 Å². The monoisotopic (exact) mass is 159 g/mol. The summed E-state index contributed by atoms with van der Waals surface area (Å²) in [6.07, 6.45) is 0. The quantitative estimate of drug-likeness (QED) is 0.576. The van der Waals surface area contributed by atoms with Crippen molar-refractivity contribution in [2.45, 2.75) is 0 Å². The van der Waals surface area contributed by atoms with Crippen LogP contribution in [0.25, 0.3) is 0 Å². The average Bonchev–Trinajstić information content (AvgIpc) is 2.13. The Labute approximate surface area is 62.3 Å². The lowest BCUT2D eigenvalue weighted by Crippen LogP contribution is -1.86. The summed E-state index contributed by atoms with van der Waals surface area (Å²) >= 11 is 6.90. The Morgan fingerprint density at radius 2 is 2.44 bits per heavy atom. The average molecular weight is 160 g/mol. The SMILES string of the molecule is [CH2]C(=O)c1sccc1Cl. The number of hydrogen-bond donors (Lipinski definition) is 0. The highest BCUT2D eigenvalue weighted by molar-refractivity contribution is 7.12. The van der Waals surface area contributed by atoms with Crippen LogP contribution >= 0.6 is 22.9 Å². The Morgan fingerprint density at radius 3 is 2.67 bits per heavy atom. The van der Waals surface area contributed by atoms with E-state index in [4.69, 9.17) is 11.6 Å². The summed E-state index contributed by atoms with van der Waals surface area (Å²) < 4.78 is 0. The van der Waals surface area contributed by atoms with Gasteiger partial charge >= 0.3 is 0 Å². The molecule has 0 bridgehead atoms. The number of thiophene rings is 1. The van der Waals surface area contributed by atoms with Gasteiger partial charge in [0.15, 0.2) is 5.78 Å². The van der Waals surface area contributed by atoms with E-state index in [2.05, 4.69) is 6.92 Å². The zero-order valence-electron chi connectivity index (χ0n) is 4.56. The molecule has 1 nitrogen and oxygen atoms in total. The second kappa shape index (κ2) is 2.50. The van der Waals surface area contributed by atoms with E-state index in [0.29, 0.717) is 9.90 Å². The van der Waals surface area contributed by atoms with E-state index in [0.717, 1.165) is 0 Å². The summed E-state index contributed by atoms with van der Waals surface area (Å²) in [6.45, 7) is 3.23. The topological polar surface area (TPSA) is 17.1 Å². The van der Waals surface area contributed by atoms with Gasteiger partial charge in [-0.1, -0.05) is 11.6 Å². The molecule has 47 valence electrons. The molecule has 0 aliphatic heterocycles. The summed E-state index contributed by atoms with van der Waals surface area (Å²) in [5, 5.41) is 2.26. The van der Waals surface area contributed by atoms with Crippen molar-refractivity contribution in [3.05, 3.63) is 28.3 Å². The molecule has 0 saturated carbocycles. The molecule has 1 aromatic heterocycles. The van der Waals surface area contributed by atoms with Crippen LogP contribution in [0.5, 0.6) is 0 Å². The Balaban J connectivity index is 3.08. The Kier molecular flexibility index (Phi) is 1.88. The number of Topliss-reactive ketones (excluding diaryl/α,β-unsaturated/α-hetero) is 1. The molecule has 0 unspecified atom stereocenters. The first-order valence-electron chi connectivity index (χ1n) is 2.31. The maximum atomic E-state index is 10.5. The maximum absolute atomic E-state index is 10.5. The molecular weight excluding hydrogens is 156 g/mol. The van der Waals surface area contributed by atoms with Crippen LogP contribution in [0.15, 0.2) is 11.4 Å².